The average Bonchev–Trinajstić information content (AvgIpc) is 3.27. The van der Waals surface area contributed by atoms with E-state index in [1.807, 2.05) is 0 Å². The molecule has 2 unspecified atom stereocenters. The molecule has 3 rings (SSSR count). The van der Waals surface area contributed by atoms with Gasteiger partial charge in [-0.15, -0.1) is 0 Å². The summed E-state index contributed by atoms with van der Waals surface area (Å²) in [6.45, 7) is 2.16. The number of non-ortho nitro benzene ring substituents is 1. The average molecular weight is 267 g/mol. The standard InChI is InChI=1S/C12H13NO6/c14-13(15)8-1-2-11(18-6-9-4-16-9)12(3-8)19-7-10-5-17-10/h1-3,9-10H,4-7H2. The minimum absolute atomic E-state index is 0.0262. The fourth-order valence-electron chi connectivity index (χ4n) is 1.54. The van der Waals surface area contributed by atoms with Crippen molar-refractivity contribution < 1.29 is 23.9 Å². The van der Waals surface area contributed by atoms with Crippen LogP contribution in [-0.2, 0) is 9.47 Å². The van der Waals surface area contributed by atoms with E-state index < -0.39 is 4.92 Å². The number of nitrogens with zero attached hydrogens (tertiary/aromatic N) is 1. The molecule has 0 spiro atoms. The maximum absolute atomic E-state index is 10.8. The molecule has 0 radical (unpaired) electrons. The molecule has 19 heavy (non-hydrogen) atoms. The van der Waals surface area contributed by atoms with Crippen LogP contribution in [0.1, 0.15) is 0 Å². The van der Waals surface area contributed by atoms with Gasteiger partial charge in [-0.1, -0.05) is 0 Å². The van der Waals surface area contributed by atoms with Crippen LogP contribution in [0.4, 0.5) is 5.69 Å². The Hall–Kier alpha value is -1.86. The Morgan fingerprint density at radius 2 is 1.74 bits per heavy atom. The molecule has 7 nitrogen and oxygen atoms in total. The van der Waals surface area contributed by atoms with Crippen LogP contribution in [0.5, 0.6) is 11.5 Å². The second kappa shape index (κ2) is 5.02. The zero-order valence-electron chi connectivity index (χ0n) is 10.1. The highest BCUT2D eigenvalue weighted by atomic mass is 16.6. The van der Waals surface area contributed by atoms with Gasteiger partial charge in [0.25, 0.3) is 5.69 Å². The predicted molar refractivity (Wildman–Crippen MR) is 63.6 cm³/mol. The highest BCUT2D eigenvalue weighted by Gasteiger charge is 2.26. The Bertz CT molecular complexity index is 483. The first-order valence-electron chi connectivity index (χ1n) is 5.99. The molecular weight excluding hydrogens is 254 g/mol. The Morgan fingerprint density at radius 3 is 2.26 bits per heavy atom. The van der Waals surface area contributed by atoms with Gasteiger partial charge in [0, 0.05) is 6.07 Å². The number of ether oxygens (including phenoxy) is 4. The number of nitro groups is 1. The molecule has 2 atom stereocenters. The van der Waals surface area contributed by atoms with Crippen LogP contribution < -0.4 is 9.47 Å². The number of rotatable bonds is 7. The Labute approximate surface area is 109 Å². The van der Waals surface area contributed by atoms with Gasteiger partial charge >= 0.3 is 0 Å². The fraction of sp³-hybridized carbons (Fsp3) is 0.500. The Morgan fingerprint density at radius 1 is 1.16 bits per heavy atom. The number of epoxide rings is 2. The lowest BCUT2D eigenvalue weighted by Gasteiger charge is -2.11. The lowest BCUT2D eigenvalue weighted by molar-refractivity contribution is -0.385. The summed E-state index contributed by atoms with van der Waals surface area (Å²) in [6, 6.07) is 4.30. The molecule has 7 heteroatoms. The molecule has 2 saturated heterocycles. The second-order valence-corrected chi connectivity index (χ2v) is 4.42. The second-order valence-electron chi connectivity index (χ2n) is 4.42. The molecule has 0 bridgehead atoms. The molecule has 2 heterocycles. The number of nitro benzene ring substituents is 1. The highest BCUT2D eigenvalue weighted by Crippen LogP contribution is 2.32. The van der Waals surface area contributed by atoms with Crippen molar-refractivity contribution in [3.63, 3.8) is 0 Å². The summed E-state index contributed by atoms with van der Waals surface area (Å²) in [5, 5.41) is 10.8. The van der Waals surface area contributed by atoms with Gasteiger partial charge in [-0.25, -0.2) is 0 Å². The maximum atomic E-state index is 10.8. The molecule has 1 aromatic rings. The Balaban J connectivity index is 1.71. The lowest BCUT2D eigenvalue weighted by Crippen LogP contribution is -2.09. The van der Waals surface area contributed by atoms with Crippen molar-refractivity contribution in [3.05, 3.63) is 28.3 Å². The van der Waals surface area contributed by atoms with Crippen LogP contribution in [-0.4, -0.2) is 43.6 Å². The molecule has 0 amide bonds. The molecule has 2 fully saturated rings. The van der Waals surface area contributed by atoms with Crippen LogP contribution in [0.2, 0.25) is 0 Å². The van der Waals surface area contributed by atoms with Crippen molar-refractivity contribution in [2.24, 2.45) is 0 Å². The zero-order valence-corrected chi connectivity index (χ0v) is 10.1. The van der Waals surface area contributed by atoms with Crippen molar-refractivity contribution in [2.75, 3.05) is 26.4 Å². The monoisotopic (exact) mass is 267 g/mol. The highest BCUT2D eigenvalue weighted by molar-refractivity contribution is 5.48. The van der Waals surface area contributed by atoms with Gasteiger partial charge in [0.1, 0.15) is 25.4 Å². The van der Waals surface area contributed by atoms with Gasteiger partial charge in [0.15, 0.2) is 11.5 Å². The molecule has 2 aliphatic rings. The van der Waals surface area contributed by atoms with Gasteiger partial charge in [0.05, 0.1) is 24.2 Å². The quantitative estimate of drug-likeness (QED) is 0.418. The SMILES string of the molecule is O=[N+]([O-])c1ccc(OCC2CO2)c(OCC2CO2)c1. The predicted octanol–water partition coefficient (Wildman–Crippen LogP) is 1.15. The summed E-state index contributed by atoms with van der Waals surface area (Å²) < 4.78 is 21.1. The van der Waals surface area contributed by atoms with Gasteiger partial charge in [-0.3, -0.25) is 10.1 Å². The van der Waals surface area contributed by atoms with Gasteiger partial charge in [0.2, 0.25) is 0 Å². The number of hydrogen-bond donors (Lipinski definition) is 0. The van der Waals surface area contributed by atoms with Crippen molar-refractivity contribution in [2.45, 2.75) is 12.2 Å². The summed E-state index contributed by atoms with van der Waals surface area (Å²) in [7, 11) is 0. The van der Waals surface area contributed by atoms with E-state index in [-0.39, 0.29) is 17.9 Å². The summed E-state index contributed by atoms with van der Waals surface area (Å²) in [5.41, 5.74) is -0.0262. The van der Waals surface area contributed by atoms with E-state index in [1.165, 1.54) is 12.1 Å². The maximum Gasteiger partial charge on any atom is 0.273 e. The third kappa shape index (κ3) is 3.33. The summed E-state index contributed by atoms with van der Waals surface area (Å²) in [6.07, 6.45) is 0.202. The third-order valence-electron chi connectivity index (χ3n) is 2.79. The first-order chi connectivity index (χ1) is 9.22. The van der Waals surface area contributed by atoms with E-state index in [2.05, 4.69) is 0 Å². The van der Waals surface area contributed by atoms with E-state index in [9.17, 15) is 10.1 Å². The topological polar surface area (TPSA) is 86.7 Å². The minimum atomic E-state index is -0.464. The normalized spacial score (nSPS) is 23.8. The number of benzene rings is 1. The third-order valence-corrected chi connectivity index (χ3v) is 2.79. The van der Waals surface area contributed by atoms with E-state index in [0.717, 1.165) is 0 Å². The van der Waals surface area contributed by atoms with Crippen molar-refractivity contribution in [3.8, 4) is 11.5 Å². The molecule has 0 saturated carbocycles. The first kappa shape index (κ1) is 12.2. The van der Waals surface area contributed by atoms with Crippen molar-refractivity contribution >= 4 is 5.69 Å². The van der Waals surface area contributed by atoms with Crippen LogP contribution in [0.15, 0.2) is 18.2 Å². The summed E-state index contributed by atoms with van der Waals surface area (Å²) >= 11 is 0. The van der Waals surface area contributed by atoms with E-state index in [0.29, 0.717) is 37.9 Å². The van der Waals surface area contributed by atoms with Crippen molar-refractivity contribution in [1.82, 2.24) is 0 Å². The molecule has 102 valence electrons. The van der Waals surface area contributed by atoms with E-state index in [1.54, 1.807) is 6.07 Å². The minimum Gasteiger partial charge on any atom is -0.487 e. The lowest BCUT2D eigenvalue weighted by atomic mass is 10.3. The summed E-state index contributed by atoms with van der Waals surface area (Å²) in [4.78, 5) is 10.3. The Kier molecular flexibility index (Phi) is 3.22. The van der Waals surface area contributed by atoms with Crippen LogP contribution in [0, 0.1) is 10.1 Å². The van der Waals surface area contributed by atoms with E-state index in [4.69, 9.17) is 18.9 Å². The molecule has 1 aromatic carbocycles. The van der Waals surface area contributed by atoms with Crippen LogP contribution in [0.3, 0.4) is 0 Å². The number of hydrogen-bond acceptors (Lipinski definition) is 6. The molecule has 2 aliphatic heterocycles. The first-order valence-corrected chi connectivity index (χ1v) is 5.99. The van der Waals surface area contributed by atoms with Gasteiger partial charge in [-0.2, -0.15) is 0 Å². The molecular formula is C12H13NO6. The van der Waals surface area contributed by atoms with Gasteiger partial charge in [-0.05, 0) is 6.07 Å². The summed E-state index contributed by atoms with van der Waals surface area (Å²) in [5.74, 6) is 0.854. The van der Waals surface area contributed by atoms with Crippen LogP contribution in [0.25, 0.3) is 0 Å². The van der Waals surface area contributed by atoms with Crippen LogP contribution >= 0.6 is 0 Å². The van der Waals surface area contributed by atoms with Crippen molar-refractivity contribution in [1.29, 1.82) is 0 Å². The largest absolute Gasteiger partial charge is 0.487 e. The van der Waals surface area contributed by atoms with Gasteiger partial charge < -0.3 is 18.9 Å². The molecule has 0 aliphatic carbocycles. The molecule has 0 aromatic heterocycles. The molecule has 0 N–H and O–H groups in total. The fourth-order valence-corrected chi connectivity index (χ4v) is 1.54. The van der Waals surface area contributed by atoms with E-state index >= 15 is 0 Å². The smallest absolute Gasteiger partial charge is 0.273 e. The zero-order chi connectivity index (χ0) is 13.2.